The normalized spacial score (nSPS) is 9.85. The van der Waals surface area contributed by atoms with Crippen LogP contribution in [0.4, 0.5) is 0 Å². The van der Waals surface area contributed by atoms with Crippen LogP contribution in [0.1, 0.15) is 5.69 Å². The minimum Gasteiger partial charge on any atom is -0.237 e. The number of fused-ring (bicyclic) bond motifs is 1. The summed E-state index contributed by atoms with van der Waals surface area (Å²) in [4.78, 5) is 17.3. The summed E-state index contributed by atoms with van der Waals surface area (Å²) in [5.41, 5.74) is 1.46. The van der Waals surface area contributed by atoms with Gasteiger partial charge in [-0.15, -0.1) is 0 Å². The highest BCUT2D eigenvalue weighted by atomic mass is 16.1. The van der Waals surface area contributed by atoms with Crippen LogP contribution < -0.4 is 0 Å². The smallest absolute Gasteiger partial charge is 0.235 e. The van der Waals surface area contributed by atoms with Crippen molar-refractivity contribution in [3.8, 4) is 0 Å². The van der Waals surface area contributed by atoms with Crippen molar-refractivity contribution < 1.29 is 4.79 Å². The van der Waals surface area contributed by atoms with Crippen LogP contribution in [0.2, 0.25) is 0 Å². The summed E-state index contributed by atoms with van der Waals surface area (Å²) in [6, 6.07) is 3.56. The van der Waals surface area contributed by atoms with Crippen molar-refractivity contribution in [2.24, 2.45) is 4.99 Å². The Hall–Kier alpha value is -2.00. The molecule has 2 heterocycles. The molecule has 0 aliphatic heterocycles. The number of hydrogen-bond acceptors (Lipinski definition) is 4. The molecule has 0 aliphatic rings. The van der Waals surface area contributed by atoms with Gasteiger partial charge >= 0.3 is 0 Å². The molecule has 0 aromatic carbocycles. The molecule has 0 unspecified atom stereocenters. The van der Waals surface area contributed by atoms with E-state index in [2.05, 4.69) is 15.1 Å². The Morgan fingerprint density at radius 2 is 2.54 bits per heavy atom. The summed E-state index contributed by atoms with van der Waals surface area (Å²) in [7, 11) is 0. The molecule has 0 atom stereocenters. The van der Waals surface area contributed by atoms with Crippen LogP contribution >= 0.6 is 0 Å². The SMILES string of the molecule is O=C=NCc1cc2ncccn2n1. The van der Waals surface area contributed by atoms with E-state index < -0.39 is 0 Å². The lowest BCUT2D eigenvalue weighted by Gasteiger charge is -1.86. The van der Waals surface area contributed by atoms with Crippen LogP contribution in [0.3, 0.4) is 0 Å². The first kappa shape index (κ1) is 7.64. The molecule has 5 nitrogen and oxygen atoms in total. The molecule has 0 spiro atoms. The van der Waals surface area contributed by atoms with Crippen molar-refractivity contribution in [1.29, 1.82) is 0 Å². The van der Waals surface area contributed by atoms with Gasteiger partial charge in [0.25, 0.3) is 0 Å². The molecule has 0 saturated heterocycles. The van der Waals surface area contributed by atoms with Crippen molar-refractivity contribution in [3.05, 3.63) is 30.2 Å². The minimum atomic E-state index is 0.257. The predicted molar refractivity (Wildman–Crippen MR) is 44.8 cm³/mol. The molecule has 0 saturated carbocycles. The van der Waals surface area contributed by atoms with Gasteiger partial charge in [0, 0.05) is 18.5 Å². The fraction of sp³-hybridized carbons (Fsp3) is 0.125. The molecule has 5 heteroatoms. The molecular weight excluding hydrogens is 168 g/mol. The maximum Gasteiger partial charge on any atom is 0.235 e. The molecule has 2 rings (SSSR count). The maximum absolute atomic E-state index is 9.85. The molecule has 13 heavy (non-hydrogen) atoms. The number of aliphatic imine (C=N–C) groups is 1. The van der Waals surface area contributed by atoms with Crippen molar-refractivity contribution in [2.75, 3.05) is 0 Å². The molecule has 0 fully saturated rings. The highest BCUT2D eigenvalue weighted by Crippen LogP contribution is 2.03. The Balaban J connectivity index is 2.43. The van der Waals surface area contributed by atoms with Gasteiger partial charge in [-0.1, -0.05) is 0 Å². The van der Waals surface area contributed by atoms with Crippen LogP contribution in [0.15, 0.2) is 29.5 Å². The van der Waals surface area contributed by atoms with Gasteiger partial charge in [-0.2, -0.15) is 10.1 Å². The summed E-state index contributed by atoms with van der Waals surface area (Å²) < 4.78 is 1.63. The van der Waals surface area contributed by atoms with E-state index >= 15 is 0 Å². The third kappa shape index (κ3) is 1.45. The summed E-state index contributed by atoms with van der Waals surface area (Å²) in [5, 5.41) is 4.13. The van der Waals surface area contributed by atoms with E-state index in [0.717, 1.165) is 5.65 Å². The standard InChI is InChI=1S/C8H6N4O/c13-6-9-5-7-4-8-10-2-1-3-12(8)11-7/h1-4H,5H2. The lowest BCUT2D eigenvalue weighted by Crippen LogP contribution is -1.88. The Bertz CT molecular complexity index is 437. The molecule has 0 aliphatic carbocycles. The van der Waals surface area contributed by atoms with Crippen molar-refractivity contribution in [3.63, 3.8) is 0 Å². The third-order valence-corrected chi connectivity index (χ3v) is 1.59. The van der Waals surface area contributed by atoms with E-state index in [4.69, 9.17) is 0 Å². The second-order valence-electron chi connectivity index (χ2n) is 2.47. The van der Waals surface area contributed by atoms with E-state index in [1.807, 2.05) is 0 Å². The fourth-order valence-corrected chi connectivity index (χ4v) is 1.07. The predicted octanol–water partition coefficient (Wildman–Crippen LogP) is 0.565. The number of aromatic nitrogens is 3. The van der Waals surface area contributed by atoms with Gasteiger partial charge in [0.05, 0.1) is 12.2 Å². The van der Waals surface area contributed by atoms with E-state index in [1.54, 1.807) is 29.0 Å². The van der Waals surface area contributed by atoms with Gasteiger partial charge in [0.2, 0.25) is 6.08 Å². The first-order valence-electron chi connectivity index (χ1n) is 3.73. The quantitative estimate of drug-likeness (QED) is 0.493. The average molecular weight is 174 g/mol. The highest BCUT2D eigenvalue weighted by Gasteiger charge is 1.99. The molecule has 0 bridgehead atoms. The zero-order valence-corrected chi connectivity index (χ0v) is 6.71. The topological polar surface area (TPSA) is 59.6 Å². The Morgan fingerprint density at radius 3 is 3.31 bits per heavy atom. The first-order valence-corrected chi connectivity index (χ1v) is 3.73. The van der Waals surface area contributed by atoms with Crippen LogP contribution in [0.25, 0.3) is 5.65 Å². The molecule has 0 amide bonds. The maximum atomic E-state index is 9.85. The zero-order chi connectivity index (χ0) is 9.10. The average Bonchev–Trinajstić information content (AvgIpc) is 2.57. The lowest BCUT2D eigenvalue weighted by molar-refractivity contribution is 0.562. The molecule has 0 radical (unpaired) electrons. The summed E-state index contributed by atoms with van der Waals surface area (Å²) in [6.07, 6.45) is 4.94. The number of nitrogens with zero attached hydrogens (tertiary/aromatic N) is 4. The number of rotatable bonds is 2. The minimum absolute atomic E-state index is 0.257. The van der Waals surface area contributed by atoms with Gasteiger partial charge in [0.1, 0.15) is 0 Å². The fourth-order valence-electron chi connectivity index (χ4n) is 1.07. The van der Waals surface area contributed by atoms with Crippen LogP contribution in [0.5, 0.6) is 0 Å². The molecule has 2 aromatic heterocycles. The summed E-state index contributed by atoms with van der Waals surface area (Å²) >= 11 is 0. The second-order valence-corrected chi connectivity index (χ2v) is 2.47. The van der Waals surface area contributed by atoms with Gasteiger partial charge < -0.3 is 0 Å². The Morgan fingerprint density at radius 1 is 1.62 bits per heavy atom. The largest absolute Gasteiger partial charge is 0.237 e. The monoisotopic (exact) mass is 174 g/mol. The van der Waals surface area contributed by atoms with Gasteiger partial charge in [-0.05, 0) is 6.07 Å². The molecule has 64 valence electrons. The van der Waals surface area contributed by atoms with Crippen LogP contribution in [0, 0.1) is 0 Å². The lowest BCUT2D eigenvalue weighted by atomic mass is 10.4. The van der Waals surface area contributed by atoms with E-state index in [-0.39, 0.29) is 6.54 Å². The van der Waals surface area contributed by atoms with Crippen molar-refractivity contribution in [2.45, 2.75) is 6.54 Å². The number of hydrogen-bond donors (Lipinski definition) is 0. The molecule has 2 aromatic rings. The van der Waals surface area contributed by atoms with Crippen molar-refractivity contribution >= 4 is 11.7 Å². The summed E-state index contributed by atoms with van der Waals surface area (Å²) in [6.45, 7) is 0.257. The van der Waals surface area contributed by atoms with E-state index in [1.165, 1.54) is 6.08 Å². The number of isocyanates is 1. The zero-order valence-electron chi connectivity index (χ0n) is 6.71. The van der Waals surface area contributed by atoms with E-state index in [9.17, 15) is 4.79 Å². The van der Waals surface area contributed by atoms with Gasteiger partial charge in [-0.3, -0.25) is 0 Å². The van der Waals surface area contributed by atoms with E-state index in [0.29, 0.717) is 5.69 Å². The van der Waals surface area contributed by atoms with Gasteiger partial charge in [-0.25, -0.2) is 14.3 Å². The second kappa shape index (κ2) is 3.16. The van der Waals surface area contributed by atoms with Gasteiger partial charge in [0.15, 0.2) is 5.65 Å². The van der Waals surface area contributed by atoms with Crippen LogP contribution in [-0.2, 0) is 11.3 Å². The first-order chi connectivity index (χ1) is 6.40. The van der Waals surface area contributed by atoms with Crippen molar-refractivity contribution in [1.82, 2.24) is 14.6 Å². The summed E-state index contributed by atoms with van der Waals surface area (Å²) in [5.74, 6) is 0. The number of carbonyl (C=O) groups excluding carboxylic acids is 1. The Kier molecular flexibility index (Phi) is 1.86. The highest BCUT2D eigenvalue weighted by molar-refractivity contribution is 5.39. The van der Waals surface area contributed by atoms with Crippen LogP contribution in [-0.4, -0.2) is 20.7 Å². The molecule has 0 N–H and O–H groups in total. The molecular formula is C8H6N4O. The Labute approximate surface area is 73.7 Å². The third-order valence-electron chi connectivity index (χ3n) is 1.59.